The van der Waals surface area contributed by atoms with Gasteiger partial charge in [0.15, 0.2) is 5.78 Å². The minimum absolute atomic E-state index is 0.138. The van der Waals surface area contributed by atoms with Crippen molar-refractivity contribution in [1.82, 2.24) is 0 Å². The zero-order chi connectivity index (χ0) is 9.84. The Morgan fingerprint density at radius 3 is 2.31 bits per heavy atom. The van der Waals surface area contributed by atoms with Crippen molar-refractivity contribution >= 4 is 5.78 Å². The molecule has 0 aliphatic heterocycles. The van der Waals surface area contributed by atoms with Crippen molar-refractivity contribution in [2.75, 3.05) is 0 Å². The van der Waals surface area contributed by atoms with Gasteiger partial charge in [-0.3, -0.25) is 4.79 Å². The summed E-state index contributed by atoms with van der Waals surface area (Å²) in [5.41, 5.74) is 0.138. The predicted molar refractivity (Wildman–Crippen MR) is 44.3 cm³/mol. The average Bonchev–Trinajstić information content (AvgIpc) is 2.03. The lowest BCUT2D eigenvalue weighted by Gasteiger charge is -1.99. The first-order valence-corrected chi connectivity index (χ1v) is 3.56. The Labute approximate surface area is 74.7 Å². The number of rotatable bonds is 2. The van der Waals surface area contributed by atoms with Crippen LogP contribution in [0.2, 0.25) is 0 Å². The molecule has 2 N–H and O–H groups in total. The lowest BCUT2D eigenvalue weighted by molar-refractivity contribution is 0.0997. The third-order valence-electron chi connectivity index (χ3n) is 1.46. The fourth-order valence-corrected chi connectivity index (χ4v) is 0.930. The van der Waals surface area contributed by atoms with Crippen molar-refractivity contribution in [3.63, 3.8) is 0 Å². The summed E-state index contributed by atoms with van der Waals surface area (Å²) in [5, 5.41) is 26.3. The third-order valence-corrected chi connectivity index (χ3v) is 1.46. The van der Waals surface area contributed by atoms with Gasteiger partial charge in [-0.2, -0.15) is 5.26 Å². The maximum Gasteiger partial charge on any atom is 0.177 e. The number of carbonyl (C=O) groups excluding carboxylic acids is 1. The standard InChI is InChI=1S/C9H7NO3/c10-2-1-9(13)6-3-7(11)5-8(12)4-6/h3-5,11-12H,1H2. The fourth-order valence-electron chi connectivity index (χ4n) is 0.930. The van der Waals surface area contributed by atoms with Crippen LogP contribution in [0.1, 0.15) is 16.8 Å². The maximum absolute atomic E-state index is 11.1. The molecule has 0 amide bonds. The van der Waals surface area contributed by atoms with Gasteiger partial charge in [-0.1, -0.05) is 0 Å². The Kier molecular flexibility index (Phi) is 2.50. The summed E-state index contributed by atoms with van der Waals surface area (Å²) in [6.07, 6.45) is -0.261. The Hall–Kier alpha value is -2.02. The Balaban J connectivity index is 3.02. The van der Waals surface area contributed by atoms with E-state index in [1.807, 2.05) is 0 Å². The number of nitriles is 1. The molecule has 0 spiro atoms. The van der Waals surface area contributed by atoms with E-state index in [-0.39, 0.29) is 23.5 Å². The highest BCUT2D eigenvalue weighted by molar-refractivity contribution is 5.98. The van der Waals surface area contributed by atoms with E-state index in [9.17, 15) is 4.79 Å². The SMILES string of the molecule is N#CCC(=O)c1cc(O)cc(O)c1. The smallest absolute Gasteiger partial charge is 0.177 e. The molecule has 1 rings (SSSR count). The number of phenolic OH excluding ortho intramolecular Hbond substituents is 2. The lowest BCUT2D eigenvalue weighted by atomic mass is 10.1. The molecular formula is C9H7NO3. The Morgan fingerprint density at radius 1 is 1.31 bits per heavy atom. The van der Waals surface area contributed by atoms with E-state index < -0.39 is 5.78 Å². The number of aromatic hydroxyl groups is 2. The van der Waals surface area contributed by atoms with E-state index >= 15 is 0 Å². The van der Waals surface area contributed by atoms with Crippen molar-refractivity contribution in [3.8, 4) is 17.6 Å². The number of phenols is 2. The normalized spacial score (nSPS) is 9.15. The van der Waals surface area contributed by atoms with Gasteiger partial charge in [0.1, 0.15) is 11.5 Å². The van der Waals surface area contributed by atoms with Crippen LogP contribution in [0.15, 0.2) is 18.2 Å². The number of Topliss-reactive ketones (excluding diaryl/α,β-unsaturated/α-hetero) is 1. The van der Waals surface area contributed by atoms with E-state index in [0.717, 1.165) is 6.07 Å². The van der Waals surface area contributed by atoms with E-state index in [0.29, 0.717) is 0 Å². The molecule has 66 valence electrons. The van der Waals surface area contributed by atoms with Gasteiger partial charge in [0, 0.05) is 11.6 Å². The van der Waals surface area contributed by atoms with E-state index in [1.165, 1.54) is 12.1 Å². The molecule has 0 unspecified atom stereocenters. The zero-order valence-electron chi connectivity index (χ0n) is 6.69. The molecule has 0 atom stereocenters. The quantitative estimate of drug-likeness (QED) is 0.665. The molecule has 0 saturated heterocycles. The van der Waals surface area contributed by atoms with Crippen LogP contribution < -0.4 is 0 Å². The first-order chi connectivity index (χ1) is 6.13. The van der Waals surface area contributed by atoms with Crippen LogP contribution in [0.4, 0.5) is 0 Å². The van der Waals surface area contributed by atoms with E-state index in [4.69, 9.17) is 15.5 Å². The highest BCUT2D eigenvalue weighted by atomic mass is 16.3. The summed E-state index contributed by atoms with van der Waals surface area (Å²) in [6.45, 7) is 0. The number of hydrogen-bond donors (Lipinski definition) is 2. The number of benzene rings is 1. The summed E-state index contributed by atoms with van der Waals surface area (Å²) in [5.74, 6) is -0.809. The van der Waals surface area contributed by atoms with E-state index in [2.05, 4.69) is 0 Å². The number of nitrogens with zero attached hydrogens (tertiary/aromatic N) is 1. The summed E-state index contributed by atoms with van der Waals surface area (Å²) in [7, 11) is 0. The summed E-state index contributed by atoms with van der Waals surface area (Å²) in [6, 6.07) is 5.22. The van der Waals surface area contributed by atoms with Gasteiger partial charge in [0.05, 0.1) is 12.5 Å². The number of carbonyl (C=O) groups is 1. The Bertz CT molecular complexity index is 359. The largest absolute Gasteiger partial charge is 0.508 e. The van der Waals surface area contributed by atoms with Crippen molar-refractivity contribution in [2.24, 2.45) is 0 Å². The fraction of sp³-hybridized carbons (Fsp3) is 0.111. The lowest BCUT2D eigenvalue weighted by Crippen LogP contribution is -1.96. The Morgan fingerprint density at radius 2 is 1.85 bits per heavy atom. The van der Waals surface area contributed by atoms with Crippen LogP contribution in [0.5, 0.6) is 11.5 Å². The molecule has 0 aromatic heterocycles. The van der Waals surface area contributed by atoms with Gasteiger partial charge in [-0.15, -0.1) is 0 Å². The van der Waals surface area contributed by atoms with Crippen molar-refractivity contribution in [3.05, 3.63) is 23.8 Å². The van der Waals surface area contributed by atoms with Crippen LogP contribution in [-0.2, 0) is 0 Å². The van der Waals surface area contributed by atoms with Gasteiger partial charge in [0.25, 0.3) is 0 Å². The van der Waals surface area contributed by atoms with Crippen LogP contribution in [-0.4, -0.2) is 16.0 Å². The summed E-state index contributed by atoms with van der Waals surface area (Å²) < 4.78 is 0. The van der Waals surface area contributed by atoms with Gasteiger partial charge >= 0.3 is 0 Å². The minimum Gasteiger partial charge on any atom is -0.508 e. The highest BCUT2D eigenvalue weighted by Gasteiger charge is 2.07. The second-order valence-electron chi connectivity index (χ2n) is 2.50. The molecule has 0 bridgehead atoms. The monoisotopic (exact) mass is 177 g/mol. The van der Waals surface area contributed by atoms with Crippen molar-refractivity contribution in [2.45, 2.75) is 6.42 Å². The van der Waals surface area contributed by atoms with Crippen LogP contribution in [0.25, 0.3) is 0 Å². The topological polar surface area (TPSA) is 81.3 Å². The van der Waals surface area contributed by atoms with Crippen molar-refractivity contribution < 1.29 is 15.0 Å². The molecule has 1 aromatic rings. The van der Waals surface area contributed by atoms with Gasteiger partial charge < -0.3 is 10.2 Å². The molecule has 0 fully saturated rings. The van der Waals surface area contributed by atoms with Gasteiger partial charge in [-0.25, -0.2) is 0 Å². The van der Waals surface area contributed by atoms with Gasteiger partial charge in [0.2, 0.25) is 0 Å². The van der Waals surface area contributed by atoms with Crippen LogP contribution in [0.3, 0.4) is 0 Å². The molecule has 1 aromatic carbocycles. The number of hydrogen-bond acceptors (Lipinski definition) is 4. The van der Waals surface area contributed by atoms with Crippen molar-refractivity contribution in [1.29, 1.82) is 5.26 Å². The molecule has 4 nitrogen and oxygen atoms in total. The molecule has 0 aliphatic carbocycles. The predicted octanol–water partition coefficient (Wildman–Crippen LogP) is 1.19. The molecule has 0 radical (unpaired) electrons. The maximum atomic E-state index is 11.1. The van der Waals surface area contributed by atoms with Crippen LogP contribution in [0, 0.1) is 11.3 Å². The van der Waals surface area contributed by atoms with Crippen LogP contribution >= 0.6 is 0 Å². The molecular weight excluding hydrogens is 170 g/mol. The zero-order valence-corrected chi connectivity index (χ0v) is 6.69. The molecule has 0 heterocycles. The van der Waals surface area contributed by atoms with E-state index in [1.54, 1.807) is 6.07 Å². The molecule has 0 aliphatic rings. The average molecular weight is 177 g/mol. The molecule has 4 heteroatoms. The first kappa shape index (κ1) is 9.07. The van der Waals surface area contributed by atoms with Gasteiger partial charge in [-0.05, 0) is 12.1 Å². The third kappa shape index (κ3) is 2.20. The molecule has 13 heavy (non-hydrogen) atoms. The molecule has 0 saturated carbocycles. The second-order valence-corrected chi connectivity index (χ2v) is 2.50. The minimum atomic E-state index is -0.423. The summed E-state index contributed by atoms with van der Waals surface area (Å²) >= 11 is 0. The summed E-state index contributed by atoms with van der Waals surface area (Å²) in [4.78, 5) is 11.1. The number of ketones is 1. The second kappa shape index (κ2) is 3.59. The highest BCUT2D eigenvalue weighted by Crippen LogP contribution is 2.21. The first-order valence-electron chi connectivity index (χ1n) is 3.56.